The fraction of sp³-hybridized carbons (Fsp3) is 0.0270. The van der Waals surface area contributed by atoms with Crippen molar-refractivity contribution in [2.24, 2.45) is 0 Å². The topological polar surface area (TPSA) is 118 Å². The Morgan fingerprint density at radius 2 is 1.43 bits per heavy atom. The van der Waals surface area contributed by atoms with Crippen LogP contribution in [0.5, 0.6) is 0 Å². The number of carbonyl (C=O) groups is 2. The number of thioether (sulfide) groups is 1. The number of carboxylic acids is 1. The zero-order valence-electron chi connectivity index (χ0n) is 24.1. The molecule has 0 aliphatic heterocycles. The number of carbonyl (C=O) groups excluding carboxylic acids is 1. The number of carboxylic acid groups (broad SMARTS) is 1. The van der Waals surface area contributed by atoms with E-state index in [1.54, 1.807) is 36.4 Å². The maximum atomic E-state index is 13.8. The first kappa shape index (κ1) is 27.6. The molecule has 0 spiro atoms. The molecule has 5 aromatic carbocycles. The van der Waals surface area contributed by atoms with Crippen molar-refractivity contribution in [2.75, 3.05) is 5.32 Å². The Balaban J connectivity index is 1.08. The van der Waals surface area contributed by atoms with E-state index >= 15 is 0 Å². The number of pyridine rings is 1. The Kier molecular flexibility index (Phi) is 6.73. The Labute approximate surface area is 267 Å². The van der Waals surface area contributed by atoms with Crippen LogP contribution in [0.2, 0.25) is 0 Å². The first-order valence-electron chi connectivity index (χ1n) is 14.6. The fourth-order valence-corrected chi connectivity index (χ4v) is 6.81. The van der Waals surface area contributed by atoms with E-state index in [9.17, 15) is 14.7 Å². The summed E-state index contributed by atoms with van der Waals surface area (Å²) in [6, 6.07) is 37.7. The minimum Gasteiger partial charge on any atom is -0.478 e. The van der Waals surface area contributed by atoms with E-state index in [0.29, 0.717) is 27.4 Å². The number of aromatic carboxylic acids is 1. The van der Waals surface area contributed by atoms with Gasteiger partial charge in [-0.2, -0.15) is 0 Å². The summed E-state index contributed by atoms with van der Waals surface area (Å²) >= 11 is 1.25. The van der Waals surface area contributed by atoms with Gasteiger partial charge in [-0.3, -0.25) is 4.79 Å². The predicted octanol–water partition coefficient (Wildman–Crippen LogP) is 8.06. The number of rotatable bonds is 7. The molecular formula is C37H23N5O3S. The highest BCUT2D eigenvalue weighted by molar-refractivity contribution is 8.00. The van der Waals surface area contributed by atoms with Gasteiger partial charge in [-0.1, -0.05) is 109 Å². The van der Waals surface area contributed by atoms with Gasteiger partial charge in [0.25, 0.3) is 0 Å². The van der Waals surface area contributed by atoms with Gasteiger partial charge >= 0.3 is 5.97 Å². The summed E-state index contributed by atoms with van der Waals surface area (Å²) in [5.41, 5.74) is 6.97. The standard InChI is InChI=1S/C37H23N5O3S/c43-35(38-24-18-16-21(17-19-24)30-20-28(36(44)45)25-12-4-5-15-29(25)39-30)34(23-8-2-1-3-9-23)46-37-40-32-26-13-6-10-22-11-7-14-27(31(22)26)33(32)41-42-37/h1-20,34H,(H,38,43)(H,44,45). The number of fused-ring (bicyclic) bond motifs is 4. The summed E-state index contributed by atoms with van der Waals surface area (Å²) in [5, 5.41) is 24.4. The molecule has 220 valence electrons. The summed E-state index contributed by atoms with van der Waals surface area (Å²) in [7, 11) is 0. The van der Waals surface area contributed by atoms with Crippen molar-refractivity contribution < 1.29 is 14.7 Å². The van der Waals surface area contributed by atoms with E-state index in [1.165, 1.54) is 11.8 Å². The second-order valence-corrected chi connectivity index (χ2v) is 11.9. The lowest BCUT2D eigenvalue weighted by molar-refractivity contribution is -0.115. The number of amides is 1. The van der Waals surface area contributed by atoms with Gasteiger partial charge in [0, 0.05) is 33.2 Å². The third-order valence-electron chi connectivity index (χ3n) is 8.04. The Morgan fingerprint density at radius 1 is 0.717 bits per heavy atom. The minimum absolute atomic E-state index is 0.185. The molecule has 1 unspecified atom stereocenters. The van der Waals surface area contributed by atoms with Crippen LogP contribution >= 0.6 is 11.8 Å². The van der Waals surface area contributed by atoms with Gasteiger partial charge in [0.15, 0.2) is 0 Å². The Morgan fingerprint density at radius 3 is 2.20 bits per heavy atom. The van der Waals surface area contributed by atoms with Crippen LogP contribution in [0, 0.1) is 0 Å². The SMILES string of the molecule is O=C(O)c1cc(-c2ccc(NC(=O)C(Sc3nnc4c(n3)-c3cccc5cccc-4c35)c3ccccc3)cc2)nc2ccccc12. The zero-order valence-corrected chi connectivity index (χ0v) is 24.9. The highest BCUT2D eigenvalue weighted by Gasteiger charge is 2.28. The molecule has 2 N–H and O–H groups in total. The fourth-order valence-electron chi connectivity index (χ4n) is 5.90. The number of nitrogens with zero attached hydrogens (tertiary/aromatic N) is 4. The average molecular weight is 618 g/mol. The van der Waals surface area contributed by atoms with Gasteiger partial charge in [-0.15, -0.1) is 10.2 Å². The molecule has 46 heavy (non-hydrogen) atoms. The lowest BCUT2D eigenvalue weighted by Crippen LogP contribution is -2.19. The monoisotopic (exact) mass is 617 g/mol. The molecule has 1 amide bonds. The van der Waals surface area contributed by atoms with Crippen molar-refractivity contribution in [2.45, 2.75) is 10.4 Å². The maximum Gasteiger partial charge on any atom is 0.336 e. The van der Waals surface area contributed by atoms with Crippen molar-refractivity contribution in [3.8, 4) is 33.8 Å². The Bertz CT molecular complexity index is 2320. The van der Waals surface area contributed by atoms with Gasteiger partial charge in [-0.25, -0.2) is 14.8 Å². The molecule has 2 aromatic heterocycles. The van der Waals surface area contributed by atoms with E-state index < -0.39 is 11.2 Å². The van der Waals surface area contributed by atoms with Crippen molar-refractivity contribution in [1.82, 2.24) is 20.2 Å². The normalized spacial score (nSPS) is 12.2. The van der Waals surface area contributed by atoms with E-state index in [0.717, 1.165) is 44.4 Å². The number of nitrogens with one attached hydrogen (secondary N) is 1. The first-order valence-corrected chi connectivity index (χ1v) is 15.4. The first-order chi connectivity index (χ1) is 22.5. The second kappa shape index (κ2) is 11.2. The third-order valence-corrected chi connectivity index (χ3v) is 9.15. The summed E-state index contributed by atoms with van der Waals surface area (Å²) in [4.78, 5) is 35.3. The quantitative estimate of drug-likeness (QED) is 0.173. The van der Waals surface area contributed by atoms with Crippen LogP contribution in [0.15, 0.2) is 126 Å². The molecule has 1 aliphatic carbocycles. The van der Waals surface area contributed by atoms with Gasteiger partial charge < -0.3 is 10.4 Å². The second-order valence-electron chi connectivity index (χ2n) is 10.9. The van der Waals surface area contributed by atoms with Crippen molar-refractivity contribution in [3.63, 3.8) is 0 Å². The molecule has 8 rings (SSSR count). The van der Waals surface area contributed by atoms with E-state index in [1.807, 2.05) is 72.8 Å². The van der Waals surface area contributed by atoms with Crippen molar-refractivity contribution >= 4 is 51.0 Å². The summed E-state index contributed by atoms with van der Waals surface area (Å²) in [6.07, 6.45) is 0. The van der Waals surface area contributed by atoms with Crippen LogP contribution < -0.4 is 5.32 Å². The summed E-state index contributed by atoms with van der Waals surface area (Å²) in [5.74, 6) is -1.26. The highest BCUT2D eigenvalue weighted by atomic mass is 32.2. The highest BCUT2D eigenvalue weighted by Crippen LogP contribution is 2.45. The van der Waals surface area contributed by atoms with Crippen LogP contribution in [-0.4, -0.2) is 37.1 Å². The molecular weight excluding hydrogens is 595 g/mol. The van der Waals surface area contributed by atoms with Crippen LogP contribution in [-0.2, 0) is 4.79 Å². The molecule has 0 fully saturated rings. The van der Waals surface area contributed by atoms with Gasteiger partial charge in [0.05, 0.1) is 16.8 Å². The molecule has 0 saturated heterocycles. The lowest BCUT2D eigenvalue weighted by atomic mass is 10.0. The molecule has 2 heterocycles. The number of aromatic nitrogens is 4. The van der Waals surface area contributed by atoms with Crippen LogP contribution in [0.4, 0.5) is 5.69 Å². The van der Waals surface area contributed by atoms with E-state index in [2.05, 4.69) is 32.6 Å². The van der Waals surface area contributed by atoms with E-state index in [4.69, 9.17) is 4.98 Å². The smallest absolute Gasteiger partial charge is 0.336 e. The molecule has 1 aliphatic rings. The predicted molar refractivity (Wildman–Crippen MR) is 180 cm³/mol. The van der Waals surface area contributed by atoms with Crippen molar-refractivity contribution in [3.05, 3.63) is 132 Å². The number of hydrogen-bond donors (Lipinski definition) is 2. The largest absolute Gasteiger partial charge is 0.478 e. The number of para-hydroxylation sites is 1. The molecule has 7 aromatic rings. The zero-order chi connectivity index (χ0) is 31.2. The van der Waals surface area contributed by atoms with Gasteiger partial charge in [-0.05, 0) is 35.2 Å². The van der Waals surface area contributed by atoms with Crippen molar-refractivity contribution in [1.29, 1.82) is 0 Å². The Hall–Kier alpha value is -5.93. The van der Waals surface area contributed by atoms with Crippen LogP contribution in [0.25, 0.3) is 55.4 Å². The molecule has 0 saturated carbocycles. The average Bonchev–Trinajstić information content (AvgIpc) is 3.41. The molecule has 9 heteroatoms. The van der Waals surface area contributed by atoms with Crippen LogP contribution in [0.1, 0.15) is 21.2 Å². The molecule has 0 bridgehead atoms. The lowest BCUT2D eigenvalue weighted by Gasteiger charge is -2.16. The number of benzene rings is 5. The van der Waals surface area contributed by atoms with E-state index in [-0.39, 0.29) is 11.5 Å². The van der Waals surface area contributed by atoms with Crippen LogP contribution in [0.3, 0.4) is 0 Å². The molecule has 8 nitrogen and oxygen atoms in total. The summed E-state index contributed by atoms with van der Waals surface area (Å²) in [6.45, 7) is 0. The maximum absolute atomic E-state index is 13.8. The number of anilines is 1. The number of hydrogen-bond acceptors (Lipinski definition) is 7. The summed E-state index contributed by atoms with van der Waals surface area (Å²) < 4.78 is 0. The molecule has 0 radical (unpaired) electrons. The van der Waals surface area contributed by atoms with Gasteiger partial charge in [0.2, 0.25) is 11.1 Å². The third kappa shape index (κ3) is 4.83. The minimum atomic E-state index is -1.02. The van der Waals surface area contributed by atoms with Gasteiger partial charge in [0.1, 0.15) is 16.6 Å². The molecule has 1 atom stereocenters.